The van der Waals surface area contributed by atoms with Crippen LogP contribution in [-0.2, 0) is 10.0 Å². The van der Waals surface area contributed by atoms with Crippen LogP contribution in [0.25, 0.3) is 0 Å². The molecule has 0 amide bonds. The van der Waals surface area contributed by atoms with Crippen molar-refractivity contribution in [3.05, 3.63) is 18.0 Å². The van der Waals surface area contributed by atoms with Gasteiger partial charge in [0.1, 0.15) is 0 Å². The zero-order chi connectivity index (χ0) is 10.1. The molecule has 5 nitrogen and oxygen atoms in total. The van der Waals surface area contributed by atoms with Crippen LogP contribution in [0.5, 0.6) is 0 Å². The minimum atomic E-state index is -3.49. The van der Waals surface area contributed by atoms with Gasteiger partial charge in [0.15, 0.2) is 0 Å². The normalized spacial score (nSPS) is 12.0. The van der Waals surface area contributed by atoms with Crippen molar-refractivity contribution in [2.45, 2.75) is 12.1 Å². The Morgan fingerprint density at radius 1 is 1.38 bits per heavy atom. The van der Waals surface area contributed by atoms with Crippen molar-refractivity contribution in [2.75, 3.05) is 14.1 Å². The molecule has 0 atom stereocenters. The third-order valence-corrected chi connectivity index (χ3v) is 3.10. The molecule has 0 saturated heterocycles. The summed E-state index contributed by atoms with van der Waals surface area (Å²) in [5.41, 5.74) is 0.635. The standard InChI is InChI=1S/C7H11N3O2S/c1-6-4-5-8-7(9-6)13(11,12)10(2)3/h4-5H,1-3H3. The van der Waals surface area contributed by atoms with Gasteiger partial charge in [-0.15, -0.1) is 0 Å². The first-order valence-corrected chi connectivity index (χ1v) is 5.11. The van der Waals surface area contributed by atoms with E-state index in [4.69, 9.17) is 0 Å². The van der Waals surface area contributed by atoms with Gasteiger partial charge in [0, 0.05) is 26.0 Å². The van der Waals surface area contributed by atoms with Gasteiger partial charge in [-0.3, -0.25) is 0 Å². The van der Waals surface area contributed by atoms with Gasteiger partial charge in [-0.05, 0) is 13.0 Å². The molecule has 1 aromatic heterocycles. The molecule has 72 valence electrons. The van der Waals surface area contributed by atoms with Crippen LogP contribution in [0.3, 0.4) is 0 Å². The van der Waals surface area contributed by atoms with Crippen LogP contribution in [0.1, 0.15) is 5.69 Å². The Balaban J connectivity index is 3.24. The highest BCUT2D eigenvalue weighted by atomic mass is 32.2. The van der Waals surface area contributed by atoms with Crippen LogP contribution in [0.2, 0.25) is 0 Å². The van der Waals surface area contributed by atoms with E-state index >= 15 is 0 Å². The molecule has 0 N–H and O–H groups in total. The quantitative estimate of drug-likeness (QED) is 0.633. The van der Waals surface area contributed by atoms with Gasteiger partial charge < -0.3 is 0 Å². The summed E-state index contributed by atoms with van der Waals surface area (Å²) in [6.45, 7) is 1.72. The second-order valence-corrected chi connectivity index (χ2v) is 4.81. The highest BCUT2D eigenvalue weighted by molar-refractivity contribution is 7.88. The molecule has 0 aromatic carbocycles. The maximum Gasteiger partial charge on any atom is 0.278 e. The van der Waals surface area contributed by atoms with Gasteiger partial charge >= 0.3 is 0 Å². The molecule has 1 heterocycles. The van der Waals surface area contributed by atoms with Crippen molar-refractivity contribution in [3.8, 4) is 0 Å². The van der Waals surface area contributed by atoms with Gasteiger partial charge in [0.25, 0.3) is 15.2 Å². The number of aryl methyl sites for hydroxylation is 1. The van der Waals surface area contributed by atoms with Crippen LogP contribution < -0.4 is 0 Å². The lowest BCUT2D eigenvalue weighted by Gasteiger charge is -2.08. The summed E-state index contributed by atoms with van der Waals surface area (Å²) >= 11 is 0. The lowest BCUT2D eigenvalue weighted by molar-refractivity contribution is 0.511. The largest absolute Gasteiger partial charge is 0.278 e. The van der Waals surface area contributed by atoms with Crippen molar-refractivity contribution >= 4 is 10.0 Å². The monoisotopic (exact) mass is 201 g/mol. The molecular formula is C7H11N3O2S. The first-order chi connectivity index (χ1) is 5.94. The van der Waals surface area contributed by atoms with E-state index in [1.807, 2.05) is 0 Å². The third kappa shape index (κ3) is 2.02. The molecule has 0 spiro atoms. The van der Waals surface area contributed by atoms with Crippen LogP contribution in [0.15, 0.2) is 17.4 Å². The number of hydrogen-bond acceptors (Lipinski definition) is 4. The molecule has 1 rings (SSSR count). The molecule has 0 aliphatic rings. The summed E-state index contributed by atoms with van der Waals surface area (Å²) in [6.07, 6.45) is 1.43. The maximum absolute atomic E-state index is 11.5. The summed E-state index contributed by atoms with van der Waals surface area (Å²) in [5.74, 6) is 0. The lowest BCUT2D eigenvalue weighted by Crippen LogP contribution is -2.24. The second-order valence-electron chi connectivity index (χ2n) is 2.77. The highest BCUT2D eigenvalue weighted by Gasteiger charge is 2.20. The number of rotatable bonds is 2. The fraction of sp³-hybridized carbons (Fsp3) is 0.429. The first-order valence-electron chi connectivity index (χ1n) is 3.67. The van der Waals surface area contributed by atoms with Gasteiger partial charge in [0.05, 0.1) is 0 Å². The molecular weight excluding hydrogens is 190 g/mol. The minimum absolute atomic E-state index is 0.155. The SMILES string of the molecule is Cc1ccnc(S(=O)(=O)N(C)C)n1. The van der Waals surface area contributed by atoms with Crippen molar-refractivity contribution < 1.29 is 8.42 Å². The summed E-state index contributed by atoms with van der Waals surface area (Å²) in [7, 11) is -0.597. The highest BCUT2D eigenvalue weighted by Crippen LogP contribution is 2.06. The summed E-state index contributed by atoms with van der Waals surface area (Å²) in [6, 6.07) is 1.65. The molecule has 0 radical (unpaired) electrons. The van der Waals surface area contributed by atoms with Gasteiger partial charge in [-0.25, -0.2) is 22.7 Å². The molecule has 0 aliphatic carbocycles. The predicted octanol–water partition coefficient (Wildman–Crippen LogP) is 0.0353. The third-order valence-electron chi connectivity index (χ3n) is 1.48. The summed E-state index contributed by atoms with van der Waals surface area (Å²) in [4.78, 5) is 7.52. The maximum atomic E-state index is 11.5. The summed E-state index contributed by atoms with van der Waals surface area (Å²) < 4.78 is 24.1. The molecule has 6 heteroatoms. The Morgan fingerprint density at radius 3 is 2.46 bits per heavy atom. The van der Waals surface area contributed by atoms with E-state index in [0.717, 1.165) is 4.31 Å². The average Bonchev–Trinajstić information content (AvgIpc) is 2.04. The van der Waals surface area contributed by atoms with E-state index in [2.05, 4.69) is 9.97 Å². The molecule has 0 aliphatic heterocycles. The van der Waals surface area contributed by atoms with E-state index in [-0.39, 0.29) is 5.16 Å². The number of aromatic nitrogens is 2. The molecule has 13 heavy (non-hydrogen) atoms. The Hall–Kier alpha value is -1.01. The zero-order valence-corrected chi connectivity index (χ0v) is 8.54. The van der Waals surface area contributed by atoms with Crippen LogP contribution in [-0.4, -0.2) is 36.8 Å². The van der Waals surface area contributed by atoms with E-state index < -0.39 is 10.0 Å². The first kappa shape index (κ1) is 10.1. The average molecular weight is 201 g/mol. The Bertz CT molecular complexity index is 400. The van der Waals surface area contributed by atoms with Crippen molar-refractivity contribution in [1.29, 1.82) is 0 Å². The number of sulfonamides is 1. The van der Waals surface area contributed by atoms with Crippen LogP contribution in [0, 0.1) is 6.92 Å². The van der Waals surface area contributed by atoms with E-state index in [0.29, 0.717) is 5.69 Å². The van der Waals surface area contributed by atoms with Crippen LogP contribution in [0.4, 0.5) is 0 Å². The summed E-state index contributed by atoms with van der Waals surface area (Å²) in [5, 5.41) is -0.155. The van der Waals surface area contributed by atoms with Crippen molar-refractivity contribution in [1.82, 2.24) is 14.3 Å². The second kappa shape index (κ2) is 3.39. The fourth-order valence-corrected chi connectivity index (χ4v) is 1.49. The molecule has 0 bridgehead atoms. The van der Waals surface area contributed by atoms with Crippen molar-refractivity contribution in [3.63, 3.8) is 0 Å². The smallest absolute Gasteiger partial charge is 0.226 e. The Labute approximate surface area is 77.5 Å². The Morgan fingerprint density at radius 2 is 2.00 bits per heavy atom. The number of hydrogen-bond donors (Lipinski definition) is 0. The van der Waals surface area contributed by atoms with E-state index in [1.54, 1.807) is 13.0 Å². The van der Waals surface area contributed by atoms with E-state index in [9.17, 15) is 8.42 Å². The lowest BCUT2D eigenvalue weighted by atomic mass is 10.5. The molecule has 0 unspecified atom stereocenters. The predicted molar refractivity (Wildman–Crippen MR) is 47.6 cm³/mol. The van der Waals surface area contributed by atoms with Gasteiger partial charge in [-0.1, -0.05) is 0 Å². The van der Waals surface area contributed by atoms with Crippen LogP contribution >= 0.6 is 0 Å². The molecule has 0 saturated carbocycles. The van der Waals surface area contributed by atoms with E-state index in [1.165, 1.54) is 20.3 Å². The fourth-order valence-electron chi connectivity index (χ4n) is 0.713. The topological polar surface area (TPSA) is 63.2 Å². The van der Waals surface area contributed by atoms with Gasteiger partial charge in [-0.2, -0.15) is 0 Å². The zero-order valence-electron chi connectivity index (χ0n) is 7.72. The van der Waals surface area contributed by atoms with Crippen molar-refractivity contribution in [2.24, 2.45) is 0 Å². The Kier molecular flexibility index (Phi) is 2.63. The molecule has 1 aromatic rings. The number of nitrogens with zero attached hydrogens (tertiary/aromatic N) is 3. The molecule has 0 fully saturated rings. The minimum Gasteiger partial charge on any atom is -0.226 e. The van der Waals surface area contributed by atoms with Gasteiger partial charge in [0.2, 0.25) is 0 Å².